The van der Waals surface area contributed by atoms with Crippen LogP contribution in [0.4, 0.5) is 5.82 Å². The normalized spacial score (nSPS) is 14.2. The van der Waals surface area contributed by atoms with Crippen molar-refractivity contribution in [2.24, 2.45) is 5.92 Å². The number of rotatable bonds is 8. The van der Waals surface area contributed by atoms with Gasteiger partial charge in [0, 0.05) is 31.5 Å². The molecule has 1 aliphatic carbocycles. The van der Waals surface area contributed by atoms with Crippen LogP contribution < -0.4 is 5.73 Å². The Hall–Kier alpha value is -1.62. The van der Waals surface area contributed by atoms with Gasteiger partial charge in [0.05, 0.1) is 6.61 Å². The number of pyridine rings is 1. The summed E-state index contributed by atoms with van der Waals surface area (Å²) in [6, 6.07) is 3.48. The van der Waals surface area contributed by atoms with E-state index in [2.05, 4.69) is 11.9 Å². The van der Waals surface area contributed by atoms with Crippen LogP contribution >= 0.6 is 0 Å². The van der Waals surface area contributed by atoms with Crippen LogP contribution in [0.15, 0.2) is 12.1 Å². The molecule has 0 atom stereocenters. The fraction of sp³-hybridized carbons (Fsp3) is 0.625. The highest BCUT2D eigenvalue weighted by atomic mass is 16.5. The van der Waals surface area contributed by atoms with Crippen molar-refractivity contribution in [2.45, 2.75) is 32.6 Å². The summed E-state index contributed by atoms with van der Waals surface area (Å²) >= 11 is 0. The Morgan fingerprint density at radius 1 is 1.48 bits per heavy atom. The van der Waals surface area contributed by atoms with E-state index < -0.39 is 0 Å². The van der Waals surface area contributed by atoms with Crippen LogP contribution in [0.25, 0.3) is 0 Å². The van der Waals surface area contributed by atoms with Gasteiger partial charge in [-0.3, -0.25) is 4.79 Å². The molecule has 1 aromatic rings. The standard InChI is InChI=1S/C16H25N3O2/c1-3-4-14-9-13(10-15(17)18-14)16(20)19(2)7-8-21-11-12-5-6-12/h9-10,12H,3-8,11H2,1-2H3,(H2,17,18). The summed E-state index contributed by atoms with van der Waals surface area (Å²) in [5.74, 6) is 1.13. The van der Waals surface area contributed by atoms with Gasteiger partial charge in [0.15, 0.2) is 0 Å². The summed E-state index contributed by atoms with van der Waals surface area (Å²) in [4.78, 5) is 18.3. The van der Waals surface area contributed by atoms with E-state index in [1.807, 2.05) is 6.07 Å². The summed E-state index contributed by atoms with van der Waals surface area (Å²) < 4.78 is 5.57. The SMILES string of the molecule is CCCc1cc(C(=O)N(C)CCOCC2CC2)cc(N)n1. The van der Waals surface area contributed by atoms with Gasteiger partial charge in [0.25, 0.3) is 5.91 Å². The number of nitrogens with two attached hydrogens (primary N) is 1. The van der Waals surface area contributed by atoms with Gasteiger partial charge in [0.2, 0.25) is 0 Å². The van der Waals surface area contributed by atoms with Crippen molar-refractivity contribution in [1.29, 1.82) is 0 Å². The van der Waals surface area contributed by atoms with E-state index in [0.717, 1.165) is 31.1 Å². The number of ether oxygens (including phenoxy) is 1. The average molecular weight is 291 g/mol. The number of nitrogen functional groups attached to an aromatic ring is 1. The van der Waals surface area contributed by atoms with Gasteiger partial charge < -0.3 is 15.4 Å². The molecule has 1 amide bonds. The molecule has 0 bridgehead atoms. The quantitative estimate of drug-likeness (QED) is 0.745. The topological polar surface area (TPSA) is 68.5 Å². The van der Waals surface area contributed by atoms with Crippen LogP contribution in [0.1, 0.15) is 42.2 Å². The van der Waals surface area contributed by atoms with Crippen molar-refractivity contribution in [3.63, 3.8) is 0 Å². The number of hydrogen-bond acceptors (Lipinski definition) is 4. The number of hydrogen-bond donors (Lipinski definition) is 1. The summed E-state index contributed by atoms with van der Waals surface area (Å²) in [5, 5.41) is 0. The summed E-state index contributed by atoms with van der Waals surface area (Å²) in [7, 11) is 1.79. The van der Waals surface area contributed by atoms with Gasteiger partial charge in [-0.05, 0) is 37.3 Å². The lowest BCUT2D eigenvalue weighted by molar-refractivity contribution is 0.0681. The van der Waals surface area contributed by atoms with Crippen LogP contribution in [0.2, 0.25) is 0 Å². The third kappa shape index (κ3) is 5.01. The second kappa shape index (κ2) is 7.41. The van der Waals surface area contributed by atoms with E-state index in [-0.39, 0.29) is 5.91 Å². The first-order valence-corrected chi connectivity index (χ1v) is 7.69. The predicted molar refractivity (Wildman–Crippen MR) is 83.1 cm³/mol. The fourth-order valence-electron chi connectivity index (χ4n) is 2.18. The maximum absolute atomic E-state index is 12.4. The molecule has 1 aromatic heterocycles. The number of carbonyl (C=O) groups excluding carboxylic acids is 1. The van der Waals surface area contributed by atoms with Gasteiger partial charge in [0.1, 0.15) is 5.82 Å². The number of amides is 1. The van der Waals surface area contributed by atoms with Crippen LogP contribution in [-0.2, 0) is 11.2 Å². The van der Waals surface area contributed by atoms with Crippen LogP contribution in [0.3, 0.4) is 0 Å². The number of aryl methyl sites for hydroxylation is 1. The lowest BCUT2D eigenvalue weighted by Gasteiger charge is -2.18. The van der Waals surface area contributed by atoms with Crippen molar-refractivity contribution in [3.8, 4) is 0 Å². The first-order chi connectivity index (χ1) is 10.1. The largest absolute Gasteiger partial charge is 0.384 e. The maximum Gasteiger partial charge on any atom is 0.253 e. The van der Waals surface area contributed by atoms with Gasteiger partial charge in [-0.2, -0.15) is 0 Å². The summed E-state index contributed by atoms with van der Waals surface area (Å²) in [5.41, 5.74) is 7.26. The van der Waals surface area contributed by atoms with Crippen molar-refractivity contribution >= 4 is 11.7 Å². The second-order valence-corrected chi connectivity index (χ2v) is 5.77. The van der Waals surface area contributed by atoms with Crippen LogP contribution in [0.5, 0.6) is 0 Å². The van der Waals surface area contributed by atoms with Gasteiger partial charge in [-0.1, -0.05) is 13.3 Å². The molecule has 1 aliphatic rings. The second-order valence-electron chi connectivity index (χ2n) is 5.77. The molecule has 2 rings (SSSR count). The molecule has 1 heterocycles. The highest BCUT2D eigenvalue weighted by Gasteiger charge is 2.21. The Balaban J connectivity index is 1.87. The Labute approximate surface area is 126 Å². The van der Waals surface area contributed by atoms with Gasteiger partial charge >= 0.3 is 0 Å². The zero-order chi connectivity index (χ0) is 15.2. The molecule has 1 saturated carbocycles. The lowest BCUT2D eigenvalue weighted by Crippen LogP contribution is -2.30. The van der Waals surface area contributed by atoms with E-state index in [9.17, 15) is 4.79 Å². The Morgan fingerprint density at radius 3 is 2.90 bits per heavy atom. The molecule has 21 heavy (non-hydrogen) atoms. The number of likely N-dealkylation sites (N-methyl/N-ethyl adjacent to an activating group) is 1. The minimum atomic E-state index is -0.0310. The zero-order valence-electron chi connectivity index (χ0n) is 13.0. The van der Waals surface area contributed by atoms with Crippen LogP contribution in [-0.4, -0.2) is 42.6 Å². The molecule has 0 saturated heterocycles. The molecule has 0 aliphatic heterocycles. The third-order valence-electron chi connectivity index (χ3n) is 3.62. The maximum atomic E-state index is 12.4. The van der Waals surface area contributed by atoms with Gasteiger partial charge in [-0.15, -0.1) is 0 Å². The first-order valence-electron chi connectivity index (χ1n) is 7.69. The van der Waals surface area contributed by atoms with E-state index >= 15 is 0 Å². The minimum absolute atomic E-state index is 0.0310. The molecule has 1 fully saturated rings. The average Bonchev–Trinajstić information content (AvgIpc) is 3.26. The molecule has 116 valence electrons. The van der Waals surface area contributed by atoms with Crippen molar-refractivity contribution in [1.82, 2.24) is 9.88 Å². The number of anilines is 1. The lowest BCUT2D eigenvalue weighted by atomic mass is 10.1. The van der Waals surface area contributed by atoms with Gasteiger partial charge in [-0.25, -0.2) is 4.98 Å². The minimum Gasteiger partial charge on any atom is -0.384 e. The Morgan fingerprint density at radius 2 is 2.24 bits per heavy atom. The van der Waals surface area contributed by atoms with Crippen molar-refractivity contribution in [2.75, 3.05) is 32.5 Å². The monoisotopic (exact) mass is 291 g/mol. The van der Waals surface area contributed by atoms with Crippen LogP contribution in [0, 0.1) is 5.92 Å². The summed E-state index contributed by atoms with van der Waals surface area (Å²) in [6.07, 6.45) is 4.38. The first kappa shape index (κ1) is 15.8. The van der Waals surface area contributed by atoms with E-state index in [4.69, 9.17) is 10.5 Å². The van der Waals surface area contributed by atoms with Crippen molar-refractivity contribution < 1.29 is 9.53 Å². The highest BCUT2D eigenvalue weighted by Crippen LogP contribution is 2.28. The number of aromatic nitrogens is 1. The molecule has 2 N–H and O–H groups in total. The number of carbonyl (C=O) groups is 1. The smallest absolute Gasteiger partial charge is 0.253 e. The Kier molecular flexibility index (Phi) is 5.56. The fourth-order valence-corrected chi connectivity index (χ4v) is 2.18. The van der Waals surface area contributed by atoms with E-state index in [1.54, 1.807) is 18.0 Å². The third-order valence-corrected chi connectivity index (χ3v) is 3.62. The predicted octanol–water partition coefficient (Wildman–Crippen LogP) is 2.11. The van der Waals surface area contributed by atoms with Crippen molar-refractivity contribution in [3.05, 3.63) is 23.4 Å². The Bertz CT molecular complexity index is 486. The summed E-state index contributed by atoms with van der Waals surface area (Å²) in [6.45, 7) is 4.08. The highest BCUT2D eigenvalue weighted by molar-refractivity contribution is 5.94. The van der Waals surface area contributed by atoms with E-state index in [0.29, 0.717) is 24.5 Å². The molecule has 0 unspecified atom stereocenters. The zero-order valence-corrected chi connectivity index (χ0v) is 13.0. The molecule has 5 nitrogen and oxygen atoms in total. The molecule has 0 radical (unpaired) electrons. The molecular weight excluding hydrogens is 266 g/mol. The van der Waals surface area contributed by atoms with E-state index in [1.165, 1.54) is 12.8 Å². The molecule has 5 heteroatoms. The molecule has 0 aromatic carbocycles. The number of nitrogens with zero attached hydrogens (tertiary/aromatic N) is 2. The molecule has 0 spiro atoms. The molecular formula is C16H25N3O2.